The largest absolute Gasteiger partial charge is 0.423 e. The zero-order valence-electron chi connectivity index (χ0n) is 15.0. The van der Waals surface area contributed by atoms with E-state index in [0.717, 1.165) is 38.9 Å². The zero-order chi connectivity index (χ0) is 20.0. The van der Waals surface area contributed by atoms with E-state index in [4.69, 9.17) is 4.74 Å². The predicted molar refractivity (Wildman–Crippen MR) is 109 cm³/mol. The van der Waals surface area contributed by atoms with Gasteiger partial charge in [-0.2, -0.15) is 0 Å². The summed E-state index contributed by atoms with van der Waals surface area (Å²) in [6.07, 6.45) is 1.25. The molecule has 0 atom stereocenters. The molecule has 0 aliphatic heterocycles. The van der Waals surface area contributed by atoms with Crippen LogP contribution in [0.5, 0.6) is 5.75 Å². The molecule has 2 aromatic rings. The van der Waals surface area contributed by atoms with Crippen LogP contribution in [-0.2, 0) is 9.59 Å². The quantitative estimate of drug-likeness (QED) is 0.288. The van der Waals surface area contributed by atoms with Crippen molar-refractivity contribution in [3.63, 3.8) is 0 Å². The molecule has 0 spiro atoms. The number of hydrogen-bond donors (Lipinski definition) is 0. The molecule has 2 rings (SSSR count). The van der Waals surface area contributed by atoms with E-state index in [2.05, 4.69) is 13.2 Å². The van der Waals surface area contributed by atoms with Gasteiger partial charge < -0.3 is 4.74 Å². The topological polar surface area (TPSA) is 60.4 Å². The summed E-state index contributed by atoms with van der Waals surface area (Å²) in [4.78, 5) is 36.9. The third kappa shape index (κ3) is 5.98. The molecule has 0 fully saturated rings. The number of aryl methyl sites for hydroxylation is 1. The summed E-state index contributed by atoms with van der Waals surface area (Å²) in [5.74, 6) is -0.0743. The number of benzene rings is 2. The van der Waals surface area contributed by atoms with Crippen LogP contribution in [0.4, 0.5) is 0 Å². The zero-order valence-corrected chi connectivity index (χ0v) is 16.6. The lowest BCUT2D eigenvalue weighted by atomic mass is 10.2. The highest BCUT2D eigenvalue weighted by molar-refractivity contribution is 8.14. The van der Waals surface area contributed by atoms with Gasteiger partial charge in [-0.25, -0.2) is 4.79 Å². The fourth-order valence-electron chi connectivity index (χ4n) is 1.97. The normalized spacial score (nSPS) is 10.1. The third-order valence-electron chi connectivity index (χ3n) is 3.38. The molecule has 4 nitrogen and oxygen atoms in total. The van der Waals surface area contributed by atoms with Crippen molar-refractivity contribution in [3.8, 4) is 5.75 Å². The van der Waals surface area contributed by atoms with Gasteiger partial charge in [0.15, 0.2) is 0 Å². The number of rotatable bonds is 6. The molecule has 2 aromatic carbocycles. The summed E-state index contributed by atoms with van der Waals surface area (Å²) in [7, 11) is 0. The molecule has 27 heavy (non-hydrogen) atoms. The Morgan fingerprint density at radius 3 is 2.19 bits per heavy atom. The van der Waals surface area contributed by atoms with E-state index < -0.39 is 5.97 Å². The Bertz CT molecular complexity index is 914. The number of thioether (sulfide) groups is 2. The van der Waals surface area contributed by atoms with Crippen LogP contribution in [-0.4, -0.2) is 16.2 Å². The van der Waals surface area contributed by atoms with Crippen molar-refractivity contribution >= 4 is 39.7 Å². The molecule has 0 heterocycles. The minimum absolute atomic E-state index is 0.117. The lowest BCUT2D eigenvalue weighted by molar-refractivity contribution is -0.108. The van der Waals surface area contributed by atoms with Crippen LogP contribution in [0.15, 0.2) is 77.1 Å². The maximum absolute atomic E-state index is 12.3. The predicted octanol–water partition coefficient (Wildman–Crippen LogP) is 5.21. The van der Waals surface area contributed by atoms with Gasteiger partial charge in [-0.05, 0) is 97.0 Å². The molecular formula is C21H18O4S2. The molecule has 0 aliphatic carbocycles. The fourth-order valence-corrected chi connectivity index (χ4v) is 3.32. The molecule has 0 aliphatic rings. The Morgan fingerprint density at radius 2 is 1.63 bits per heavy atom. The Hall–Kier alpha value is -2.57. The molecule has 6 heteroatoms. The summed E-state index contributed by atoms with van der Waals surface area (Å²) in [5.41, 5.74) is 1.58. The monoisotopic (exact) mass is 398 g/mol. The summed E-state index contributed by atoms with van der Waals surface area (Å²) in [6, 6.07) is 11.7. The Labute approximate surface area is 166 Å². The van der Waals surface area contributed by atoms with E-state index >= 15 is 0 Å². The van der Waals surface area contributed by atoms with Crippen molar-refractivity contribution in [3.05, 3.63) is 78.4 Å². The molecular weight excluding hydrogens is 380 g/mol. The standard InChI is InChI=1S/C21H18O4S2/c1-5-19(22)26-17-10-11-18(14(4)12-17)25-20(23)15-6-8-16(9-7-15)27-21(24)13(2)3/h5-12H,1-2H2,3-4H3. The average Bonchev–Trinajstić information content (AvgIpc) is 2.64. The fraction of sp³-hybridized carbons (Fsp3) is 0.0952. The van der Waals surface area contributed by atoms with E-state index in [1.54, 1.807) is 56.3 Å². The lowest BCUT2D eigenvalue weighted by Gasteiger charge is -2.09. The smallest absolute Gasteiger partial charge is 0.343 e. The van der Waals surface area contributed by atoms with Crippen LogP contribution in [0, 0.1) is 6.92 Å². The lowest BCUT2D eigenvalue weighted by Crippen LogP contribution is -2.09. The van der Waals surface area contributed by atoms with Gasteiger partial charge in [-0.1, -0.05) is 13.2 Å². The molecule has 138 valence electrons. The maximum atomic E-state index is 12.3. The van der Waals surface area contributed by atoms with Gasteiger partial charge in [0, 0.05) is 9.79 Å². The highest BCUT2D eigenvalue weighted by atomic mass is 32.2. The van der Waals surface area contributed by atoms with E-state index in [9.17, 15) is 14.4 Å². The first-order chi connectivity index (χ1) is 12.8. The van der Waals surface area contributed by atoms with Crippen LogP contribution < -0.4 is 4.74 Å². The number of hydrogen-bond acceptors (Lipinski definition) is 6. The van der Waals surface area contributed by atoms with Gasteiger partial charge in [0.2, 0.25) is 10.2 Å². The highest BCUT2D eigenvalue weighted by Gasteiger charge is 2.12. The number of carbonyl (C=O) groups is 3. The SMILES string of the molecule is C=CC(=O)Sc1ccc(OC(=O)c2ccc(SC(=O)C(=C)C)cc2)c(C)c1. The van der Waals surface area contributed by atoms with Crippen LogP contribution in [0.25, 0.3) is 0 Å². The van der Waals surface area contributed by atoms with E-state index in [1.807, 2.05) is 0 Å². The minimum Gasteiger partial charge on any atom is -0.423 e. The summed E-state index contributed by atoms with van der Waals surface area (Å²) in [6.45, 7) is 10.5. The second-order valence-corrected chi connectivity index (χ2v) is 7.76. The van der Waals surface area contributed by atoms with Crippen molar-refractivity contribution in [1.82, 2.24) is 0 Å². The van der Waals surface area contributed by atoms with Gasteiger partial charge in [0.1, 0.15) is 5.75 Å². The molecule has 0 saturated carbocycles. The minimum atomic E-state index is -0.497. The van der Waals surface area contributed by atoms with Crippen molar-refractivity contribution in [2.45, 2.75) is 23.6 Å². The van der Waals surface area contributed by atoms with Gasteiger partial charge in [0.25, 0.3) is 0 Å². The van der Waals surface area contributed by atoms with Crippen LogP contribution in [0.2, 0.25) is 0 Å². The molecule has 0 bridgehead atoms. The molecule has 0 amide bonds. The van der Waals surface area contributed by atoms with Crippen molar-refractivity contribution in [2.24, 2.45) is 0 Å². The second kappa shape index (κ2) is 9.39. The summed E-state index contributed by atoms with van der Waals surface area (Å²) >= 11 is 2.12. The molecule has 0 radical (unpaired) electrons. The third-order valence-corrected chi connectivity index (χ3v) is 5.28. The van der Waals surface area contributed by atoms with E-state index in [-0.39, 0.29) is 10.2 Å². The van der Waals surface area contributed by atoms with Gasteiger partial charge in [-0.15, -0.1) is 0 Å². The number of ether oxygens (including phenoxy) is 1. The molecule has 0 aromatic heterocycles. The first-order valence-corrected chi connectivity index (χ1v) is 9.58. The van der Waals surface area contributed by atoms with E-state index in [1.165, 1.54) is 6.08 Å². The Morgan fingerprint density at radius 1 is 1.00 bits per heavy atom. The Balaban J connectivity index is 2.06. The first-order valence-electron chi connectivity index (χ1n) is 7.95. The average molecular weight is 399 g/mol. The molecule has 0 N–H and O–H groups in total. The van der Waals surface area contributed by atoms with Gasteiger partial charge in [-0.3, -0.25) is 9.59 Å². The second-order valence-electron chi connectivity index (χ2n) is 5.64. The first kappa shape index (κ1) is 20.7. The van der Waals surface area contributed by atoms with E-state index in [0.29, 0.717) is 16.9 Å². The number of esters is 1. The van der Waals surface area contributed by atoms with Gasteiger partial charge in [0.05, 0.1) is 5.56 Å². The molecule has 0 saturated heterocycles. The maximum Gasteiger partial charge on any atom is 0.343 e. The highest BCUT2D eigenvalue weighted by Crippen LogP contribution is 2.27. The Kier molecular flexibility index (Phi) is 7.21. The summed E-state index contributed by atoms with van der Waals surface area (Å²) in [5, 5.41) is -0.268. The van der Waals surface area contributed by atoms with Gasteiger partial charge >= 0.3 is 5.97 Å². The summed E-state index contributed by atoms with van der Waals surface area (Å²) < 4.78 is 5.44. The van der Waals surface area contributed by atoms with Crippen molar-refractivity contribution in [1.29, 1.82) is 0 Å². The van der Waals surface area contributed by atoms with Crippen molar-refractivity contribution < 1.29 is 19.1 Å². The van der Waals surface area contributed by atoms with Crippen LogP contribution in [0.1, 0.15) is 22.8 Å². The number of carbonyl (C=O) groups excluding carboxylic acids is 3. The van der Waals surface area contributed by atoms with Crippen LogP contribution >= 0.6 is 23.5 Å². The van der Waals surface area contributed by atoms with Crippen LogP contribution in [0.3, 0.4) is 0 Å². The van der Waals surface area contributed by atoms with Crippen molar-refractivity contribution in [2.75, 3.05) is 0 Å². The molecule has 0 unspecified atom stereocenters.